The van der Waals surface area contributed by atoms with Crippen LogP contribution in [0.1, 0.15) is 30.1 Å². The van der Waals surface area contributed by atoms with Crippen LogP contribution in [0, 0.1) is 23.2 Å². The van der Waals surface area contributed by atoms with Gasteiger partial charge in [-0.2, -0.15) is 5.26 Å². The molecule has 0 radical (unpaired) electrons. The van der Waals surface area contributed by atoms with E-state index in [9.17, 15) is 22.8 Å². The lowest BCUT2D eigenvalue weighted by Gasteiger charge is -2.12. The fourth-order valence-electron chi connectivity index (χ4n) is 3.37. The van der Waals surface area contributed by atoms with E-state index in [1.807, 2.05) is 6.07 Å². The highest BCUT2D eigenvalue weighted by molar-refractivity contribution is 6.53. The van der Waals surface area contributed by atoms with Gasteiger partial charge in [0.2, 0.25) is 5.91 Å². The van der Waals surface area contributed by atoms with Crippen LogP contribution >= 0.6 is 34.8 Å². The number of amides is 2. The summed E-state index contributed by atoms with van der Waals surface area (Å²) in [7, 11) is 0. The van der Waals surface area contributed by atoms with Crippen molar-refractivity contribution in [1.82, 2.24) is 5.32 Å². The number of nitriles is 1. The lowest BCUT2D eigenvalue weighted by atomic mass is 10.1. The summed E-state index contributed by atoms with van der Waals surface area (Å²) in [5.74, 6) is -4.02. The maximum Gasteiger partial charge on any atom is 0.260 e. The molecule has 3 rings (SSSR count). The molecule has 11 heteroatoms. The zero-order chi connectivity index (χ0) is 25.4. The van der Waals surface area contributed by atoms with Gasteiger partial charge in [0.15, 0.2) is 0 Å². The molecule has 1 aromatic rings. The van der Waals surface area contributed by atoms with Crippen molar-refractivity contribution >= 4 is 52.3 Å². The van der Waals surface area contributed by atoms with Crippen molar-refractivity contribution in [2.75, 3.05) is 5.32 Å². The van der Waals surface area contributed by atoms with Crippen LogP contribution in [-0.4, -0.2) is 28.1 Å². The van der Waals surface area contributed by atoms with Crippen LogP contribution in [0.25, 0.3) is 0 Å². The number of nitrogens with zero attached hydrogens (tertiary/aromatic N) is 1. The molecule has 180 valence electrons. The molecule has 1 aromatic carbocycles. The number of benzene rings is 1. The normalized spacial score (nSPS) is 22.6. The predicted octanol–water partition coefficient (Wildman–Crippen LogP) is 6.11. The van der Waals surface area contributed by atoms with E-state index in [2.05, 4.69) is 17.2 Å². The van der Waals surface area contributed by atoms with Crippen LogP contribution < -0.4 is 10.6 Å². The summed E-state index contributed by atoms with van der Waals surface area (Å²) in [6.45, 7) is 4.74. The number of alkyl halides is 4. The van der Waals surface area contributed by atoms with Gasteiger partial charge in [-0.05, 0) is 61.3 Å². The topological polar surface area (TPSA) is 82.0 Å². The molecule has 2 aliphatic carbocycles. The largest absolute Gasteiger partial charge is 0.334 e. The summed E-state index contributed by atoms with van der Waals surface area (Å²) in [6.07, 6.45) is -0.174. The first-order valence-electron chi connectivity index (χ1n) is 10.1. The van der Waals surface area contributed by atoms with Gasteiger partial charge >= 0.3 is 0 Å². The number of hydrogen-bond acceptors (Lipinski definition) is 3. The van der Waals surface area contributed by atoms with Gasteiger partial charge in [0.25, 0.3) is 12.3 Å². The van der Waals surface area contributed by atoms with Gasteiger partial charge in [-0.3, -0.25) is 9.59 Å². The van der Waals surface area contributed by atoms with Crippen molar-refractivity contribution in [2.45, 2.75) is 36.1 Å². The second-order valence-electron chi connectivity index (χ2n) is 8.25. The van der Waals surface area contributed by atoms with Crippen LogP contribution in [0.5, 0.6) is 0 Å². The summed E-state index contributed by atoms with van der Waals surface area (Å²) in [4.78, 5) is 25.3. The molecule has 2 amide bonds. The van der Waals surface area contributed by atoms with E-state index >= 15 is 0 Å². The van der Waals surface area contributed by atoms with Gasteiger partial charge in [0, 0.05) is 11.6 Å². The molecule has 2 fully saturated rings. The Bertz CT molecular complexity index is 1150. The molecule has 0 heterocycles. The molecule has 2 N–H and O–H groups in total. The van der Waals surface area contributed by atoms with Crippen LogP contribution in [-0.2, 0) is 4.79 Å². The predicted molar refractivity (Wildman–Crippen MR) is 125 cm³/mol. The van der Waals surface area contributed by atoms with Crippen molar-refractivity contribution in [3.63, 3.8) is 0 Å². The number of carbonyl (C=O) groups is 2. The fraction of sp³-hybridized carbons (Fsp3) is 0.348. The first-order valence-corrected chi connectivity index (χ1v) is 11.2. The molecule has 2 saturated carbocycles. The quantitative estimate of drug-likeness (QED) is 0.313. The summed E-state index contributed by atoms with van der Waals surface area (Å²) in [5, 5.41) is 14.5. The highest BCUT2D eigenvalue weighted by atomic mass is 35.5. The summed E-state index contributed by atoms with van der Waals surface area (Å²) < 4.78 is 37.6. The van der Waals surface area contributed by atoms with E-state index in [4.69, 9.17) is 40.1 Å². The van der Waals surface area contributed by atoms with E-state index in [1.54, 1.807) is 0 Å². The van der Waals surface area contributed by atoms with E-state index in [0.717, 1.165) is 13.0 Å². The first-order chi connectivity index (χ1) is 15.8. The summed E-state index contributed by atoms with van der Waals surface area (Å²) in [5.41, 5.74) is -1.03. The molecular formula is C23H19Cl3F3N3O2. The Morgan fingerprint density at radius 3 is 2.47 bits per heavy atom. The Morgan fingerprint density at radius 2 is 1.91 bits per heavy atom. The zero-order valence-electron chi connectivity index (χ0n) is 17.8. The minimum absolute atomic E-state index is 0.0587. The Morgan fingerprint density at radius 1 is 1.26 bits per heavy atom. The van der Waals surface area contributed by atoms with Gasteiger partial charge in [-0.1, -0.05) is 18.2 Å². The van der Waals surface area contributed by atoms with Crippen molar-refractivity contribution in [3.05, 3.63) is 64.5 Å². The minimum atomic E-state index is -2.81. The second-order valence-corrected chi connectivity index (χ2v) is 10.1. The fourth-order valence-corrected chi connectivity index (χ4v) is 4.43. The summed E-state index contributed by atoms with van der Waals surface area (Å²) in [6, 6.07) is 6.25. The van der Waals surface area contributed by atoms with Crippen LogP contribution in [0.15, 0.2) is 53.9 Å². The van der Waals surface area contributed by atoms with Crippen molar-refractivity contribution in [2.24, 2.45) is 11.8 Å². The maximum atomic E-state index is 14.0. The highest BCUT2D eigenvalue weighted by Gasteiger charge is 2.67. The summed E-state index contributed by atoms with van der Waals surface area (Å²) >= 11 is 18.5. The molecule has 34 heavy (non-hydrogen) atoms. The van der Waals surface area contributed by atoms with E-state index < -0.39 is 51.3 Å². The molecule has 2 aliphatic rings. The molecule has 0 saturated heterocycles. The SMILES string of the molecule is C=C(/C=C(F)\C=C(/C)C(F)F)C1C(C(=O)Nc2ccc(Cl)c(C(=O)NC3(C#N)CC3)c2)C1(Cl)Cl. The second kappa shape index (κ2) is 9.65. The highest BCUT2D eigenvalue weighted by Crippen LogP contribution is 2.62. The van der Waals surface area contributed by atoms with E-state index in [0.29, 0.717) is 18.9 Å². The number of halogens is 6. The lowest BCUT2D eigenvalue weighted by Crippen LogP contribution is -2.35. The smallest absolute Gasteiger partial charge is 0.260 e. The van der Waals surface area contributed by atoms with Crippen molar-refractivity contribution < 1.29 is 22.8 Å². The van der Waals surface area contributed by atoms with Crippen molar-refractivity contribution in [1.29, 1.82) is 5.26 Å². The molecule has 2 unspecified atom stereocenters. The standard InChI is InChI=1S/C23H19Cl3F3N3O2/c1-11(7-13(27)8-12(2)19(28)29)17-18(23(17,25)26)21(34)31-14-3-4-16(24)15(9-14)20(33)32-22(10-30)5-6-22/h3-4,7-9,17-19H,1,5-6H2,2H3,(H,31,34)(H,32,33)/b12-8+,13-7+. The Hall–Kier alpha value is -2.47. The van der Waals surface area contributed by atoms with Crippen LogP contribution in [0.2, 0.25) is 5.02 Å². The van der Waals surface area contributed by atoms with Crippen LogP contribution in [0.3, 0.4) is 0 Å². The molecule has 0 aliphatic heterocycles. The van der Waals surface area contributed by atoms with E-state index in [1.165, 1.54) is 18.2 Å². The van der Waals surface area contributed by atoms with Gasteiger partial charge in [-0.15, -0.1) is 23.2 Å². The Balaban J connectivity index is 1.71. The van der Waals surface area contributed by atoms with Gasteiger partial charge < -0.3 is 10.6 Å². The molecule has 0 bridgehead atoms. The number of allylic oxidation sites excluding steroid dienone is 5. The monoisotopic (exact) mass is 531 g/mol. The third kappa shape index (κ3) is 5.60. The molecule has 0 spiro atoms. The third-order valence-corrected chi connectivity index (χ3v) is 6.83. The first kappa shape index (κ1) is 26.1. The molecule has 0 aromatic heterocycles. The third-order valence-electron chi connectivity index (χ3n) is 5.56. The number of nitrogens with one attached hydrogen (secondary N) is 2. The lowest BCUT2D eigenvalue weighted by molar-refractivity contribution is -0.117. The number of carbonyl (C=O) groups excluding carboxylic acids is 2. The average molecular weight is 533 g/mol. The van der Waals surface area contributed by atoms with Gasteiger partial charge in [-0.25, -0.2) is 13.2 Å². The Labute approximate surface area is 209 Å². The van der Waals surface area contributed by atoms with E-state index in [-0.39, 0.29) is 21.8 Å². The maximum absolute atomic E-state index is 14.0. The average Bonchev–Trinajstić information content (AvgIpc) is 3.63. The number of rotatable bonds is 8. The number of anilines is 1. The van der Waals surface area contributed by atoms with Gasteiger partial charge in [0.1, 0.15) is 15.7 Å². The van der Waals surface area contributed by atoms with Gasteiger partial charge in [0.05, 0.1) is 22.6 Å². The Kier molecular flexibility index (Phi) is 7.42. The van der Waals surface area contributed by atoms with Crippen molar-refractivity contribution in [3.8, 4) is 6.07 Å². The zero-order valence-corrected chi connectivity index (χ0v) is 20.0. The molecular weight excluding hydrogens is 514 g/mol. The molecule has 2 atom stereocenters. The molecule has 5 nitrogen and oxygen atoms in total. The van der Waals surface area contributed by atoms with Crippen LogP contribution in [0.4, 0.5) is 18.9 Å². The number of hydrogen-bond donors (Lipinski definition) is 2. The minimum Gasteiger partial charge on any atom is -0.334 e.